The van der Waals surface area contributed by atoms with Crippen molar-refractivity contribution in [1.29, 1.82) is 0 Å². The van der Waals surface area contributed by atoms with Gasteiger partial charge in [0.15, 0.2) is 5.82 Å². The minimum Gasteiger partial charge on any atom is -0.393 e. The van der Waals surface area contributed by atoms with Gasteiger partial charge in [0.05, 0.1) is 12.3 Å². The summed E-state index contributed by atoms with van der Waals surface area (Å²) in [6.07, 6.45) is 6.59. The largest absolute Gasteiger partial charge is 0.393 e. The minimum absolute atomic E-state index is 0.179. The van der Waals surface area contributed by atoms with Crippen LogP contribution in [0.25, 0.3) is 11.0 Å². The molecule has 3 aromatic rings. The third kappa shape index (κ3) is 4.01. The predicted molar refractivity (Wildman–Crippen MR) is 109 cm³/mol. The second-order valence-electron chi connectivity index (χ2n) is 6.83. The van der Waals surface area contributed by atoms with Crippen molar-refractivity contribution in [3.05, 3.63) is 41.3 Å². The van der Waals surface area contributed by atoms with Crippen LogP contribution in [0.1, 0.15) is 25.7 Å². The Bertz CT molecular complexity index is 944. The van der Waals surface area contributed by atoms with Crippen molar-refractivity contribution >= 4 is 44.4 Å². The fourth-order valence-corrected chi connectivity index (χ4v) is 3.82. The number of hydrogen-bond acceptors (Lipinski definition) is 7. The average molecular weight is 429 g/mol. The highest BCUT2D eigenvalue weighted by atomic mass is 79.9. The summed E-state index contributed by atoms with van der Waals surface area (Å²) in [4.78, 5) is 20.0. The molecule has 2 aromatic heterocycles. The first kappa shape index (κ1) is 18.1. The Morgan fingerprint density at radius 3 is 2.74 bits per heavy atom. The smallest absolute Gasteiger partial charge is 0.226 e. The van der Waals surface area contributed by atoms with Gasteiger partial charge in [-0.25, -0.2) is 19.9 Å². The monoisotopic (exact) mass is 428 g/mol. The van der Waals surface area contributed by atoms with Crippen LogP contribution < -0.4 is 10.2 Å². The van der Waals surface area contributed by atoms with E-state index in [1.54, 1.807) is 6.20 Å². The second-order valence-corrected chi connectivity index (χ2v) is 7.75. The minimum atomic E-state index is -0.179. The molecule has 2 heterocycles. The van der Waals surface area contributed by atoms with Crippen molar-refractivity contribution in [2.45, 2.75) is 37.8 Å². The molecule has 7 nitrogen and oxygen atoms in total. The molecule has 1 fully saturated rings. The van der Waals surface area contributed by atoms with Gasteiger partial charge in [-0.05, 0) is 43.9 Å². The zero-order chi connectivity index (χ0) is 18.8. The van der Waals surface area contributed by atoms with Crippen molar-refractivity contribution in [2.75, 3.05) is 17.3 Å². The van der Waals surface area contributed by atoms with Gasteiger partial charge in [-0.2, -0.15) is 0 Å². The van der Waals surface area contributed by atoms with Gasteiger partial charge in [0.1, 0.15) is 17.4 Å². The van der Waals surface area contributed by atoms with E-state index in [0.29, 0.717) is 28.8 Å². The fourth-order valence-electron chi connectivity index (χ4n) is 3.42. The van der Waals surface area contributed by atoms with E-state index in [1.807, 2.05) is 31.3 Å². The zero-order valence-electron chi connectivity index (χ0n) is 15.0. The van der Waals surface area contributed by atoms with Crippen LogP contribution in [0.5, 0.6) is 0 Å². The maximum absolute atomic E-state index is 9.74. The molecular formula is C19H21BrN6O. The second kappa shape index (κ2) is 7.74. The van der Waals surface area contributed by atoms with Gasteiger partial charge in [-0.3, -0.25) is 0 Å². The molecule has 1 aliphatic carbocycles. The molecule has 140 valence electrons. The molecule has 0 saturated heterocycles. The summed E-state index contributed by atoms with van der Waals surface area (Å²) in [5.74, 6) is 1.30. The summed E-state index contributed by atoms with van der Waals surface area (Å²) in [6, 6.07) is 8.22. The van der Waals surface area contributed by atoms with Crippen molar-refractivity contribution < 1.29 is 5.11 Å². The van der Waals surface area contributed by atoms with E-state index in [4.69, 9.17) is 4.98 Å². The van der Waals surface area contributed by atoms with Gasteiger partial charge in [-0.1, -0.05) is 22.0 Å². The molecule has 0 amide bonds. The molecule has 2 N–H and O–H groups in total. The summed E-state index contributed by atoms with van der Waals surface area (Å²) >= 11 is 3.48. The molecule has 0 spiro atoms. The number of halogens is 1. The summed E-state index contributed by atoms with van der Waals surface area (Å²) in [5, 5.41) is 13.1. The Kier molecular flexibility index (Phi) is 5.18. The molecule has 1 saturated carbocycles. The highest BCUT2D eigenvalue weighted by Crippen LogP contribution is 2.27. The quantitative estimate of drug-likeness (QED) is 0.655. The highest BCUT2D eigenvalue weighted by molar-refractivity contribution is 9.10. The lowest BCUT2D eigenvalue weighted by molar-refractivity contribution is 0.122. The Balaban J connectivity index is 1.64. The lowest BCUT2D eigenvalue weighted by Crippen LogP contribution is -2.37. The Hall–Kier alpha value is -2.32. The summed E-state index contributed by atoms with van der Waals surface area (Å²) in [5.41, 5.74) is 2.29. The first-order valence-electron chi connectivity index (χ1n) is 9.01. The van der Waals surface area contributed by atoms with E-state index in [0.717, 1.165) is 35.8 Å². The first-order valence-corrected chi connectivity index (χ1v) is 9.80. The number of nitrogens with zero attached hydrogens (tertiary/aromatic N) is 5. The Morgan fingerprint density at radius 1 is 1.15 bits per heavy atom. The van der Waals surface area contributed by atoms with Crippen LogP contribution in [-0.2, 0) is 0 Å². The summed E-state index contributed by atoms with van der Waals surface area (Å²) in [7, 11) is 2.01. The molecule has 1 aliphatic rings. The summed E-state index contributed by atoms with van der Waals surface area (Å²) in [6.45, 7) is 0. The molecule has 0 bridgehead atoms. The number of aliphatic hydroxyl groups is 1. The molecule has 0 atom stereocenters. The lowest BCUT2D eigenvalue weighted by atomic mass is 9.92. The van der Waals surface area contributed by atoms with Crippen LogP contribution >= 0.6 is 15.9 Å². The van der Waals surface area contributed by atoms with Gasteiger partial charge in [0.25, 0.3) is 0 Å². The van der Waals surface area contributed by atoms with E-state index in [-0.39, 0.29) is 6.10 Å². The topological polar surface area (TPSA) is 87.1 Å². The Labute approximate surface area is 166 Å². The van der Waals surface area contributed by atoms with Gasteiger partial charge >= 0.3 is 0 Å². The Morgan fingerprint density at radius 2 is 1.96 bits per heavy atom. The SMILES string of the molecule is CN(c1ncc2ncnc(Nc3cccc(Br)c3)c2n1)C1CCC(O)CC1. The van der Waals surface area contributed by atoms with E-state index >= 15 is 0 Å². The number of anilines is 3. The number of aliphatic hydroxyl groups excluding tert-OH is 1. The van der Waals surface area contributed by atoms with Crippen molar-refractivity contribution in [1.82, 2.24) is 19.9 Å². The van der Waals surface area contributed by atoms with Gasteiger partial charge < -0.3 is 15.3 Å². The lowest BCUT2D eigenvalue weighted by Gasteiger charge is -2.33. The maximum atomic E-state index is 9.74. The standard InChI is InChI=1S/C19H21BrN6O/c1-26(14-5-7-15(27)8-6-14)19-21-10-16-17(25-19)18(23-11-22-16)24-13-4-2-3-12(20)9-13/h2-4,9-11,14-15,27H,5-8H2,1H3,(H,22,23,24). The van der Waals surface area contributed by atoms with Crippen LogP contribution in [0.15, 0.2) is 41.3 Å². The van der Waals surface area contributed by atoms with Gasteiger partial charge in [0, 0.05) is 23.2 Å². The third-order valence-electron chi connectivity index (χ3n) is 4.98. The molecule has 4 rings (SSSR count). The molecule has 8 heteroatoms. The normalized spacial score (nSPS) is 19.8. The number of benzene rings is 1. The van der Waals surface area contributed by atoms with Gasteiger partial charge in [0.2, 0.25) is 5.95 Å². The molecular weight excluding hydrogens is 408 g/mol. The highest BCUT2D eigenvalue weighted by Gasteiger charge is 2.24. The summed E-state index contributed by atoms with van der Waals surface area (Å²) < 4.78 is 0.986. The zero-order valence-corrected chi connectivity index (χ0v) is 16.6. The first-order chi connectivity index (χ1) is 13.1. The third-order valence-corrected chi connectivity index (χ3v) is 5.47. The molecule has 27 heavy (non-hydrogen) atoms. The van der Waals surface area contributed by atoms with E-state index < -0.39 is 0 Å². The predicted octanol–water partition coefficient (Wildman–Crippen LogP) is 3.67. The maximum Gasteiger partial charge on any atom is 0.226 e. The number of fused-ring (bicyclic) bond motifs is 1. The number of hydrogen-bond donors (Lipinski definition) is 2. The molecule has 0 unspecified atom stereocenters. The van der Waals surface area contributed by atoms with Crippen LogP contribution in [0.4, 0.5) is 17.5 Å². The molecule has 1 aromatic carbocycles. The van der Waals surface area contributed by atoms with Crippen molar-refractivity contribution in [3.8, 4) is 0 Å². The number of rotatable bonds is 4. The van der Waals surface area contributed by atoms with Crippen molar-refractivity contribution in [3.63, 3.8) is 0 Å². The van der Waals surface area contributed by atoms with Crippen molar-refractivity contribution in [2.24, 2.45) is 0 Å². The number of aromatic nitrogens is 4. The number of nitrogens with one attached hydrogen (secondary N) is 1. The van der Waals surface area contributed by atoms with E-state index in [9.17, 15) is 5.11 Å². The molecule has 0 aliphatic heterocycles. The average Bonchev–Trinajstić information content (AvgIpc) is 2.68. The molecule has 0 radical (unpaired) electrons. The van der Waals surface area contributed by atoms with Crippen LogP contribution in [-0.4, -0.2) is 44.2 Å². The van der Waals surface area contributed by atoms with Gasteiger partial charge in [-0.15, -0.1) is 0 Å². The van der Waals surface area contributed by atoms with Crippen LogP contribution in [0.2, 0.25) is 0 Å². The van der Waals surface area contributed by atoms with E-state index in [1.165, 1.54) is 6.33 Å². The fraction of sp³-hybridized carbons (Fsp3) is 0.368. The van der Waals surface area contributed by atoms with E-state index in [2.05, 4.69) is 41.1 Å². The van der Waals surface area contributed by atoms with Crippen LogP contribution in [0.3, 0.4) is 0 Å². The van der Waals surface area contributed by atoms with Crippen LogP contribution in [0, 0.1) is 0 Å².